The molecule has 4 bridgehead atoms. The lowest BCUT2D eigenvalue weighted by Gasteiger charge is -2.54. The maximum atomic E-state index is 13.4. The predicted octanol–water partition coefficient (Wildman–Crippen LogP) is 3.06. The summed E-state index contributed by atoms with van der Waals surface area (Å²) in [4.78, 5) is 25.9. The van der Waals surface area contributed by atoms with Crippen LogP contribution in [0.2, 0.25) is 0 Å². The minimum atomic E-state index is -0.732. The molecule has 4 aliphatic rings. The van der Waals surface area contributed by atoms with E-state index in [1.54, 1.807) is 23.2 Å². The molecular weight excluding hydrogens is 430 g/mol. The van der Waals surface area contributed by atoms with Crippen LogP contribution in [0.4, 0.5) is 0 Å². The van der Waals surface area contributed by atoms with Gasteiger partial charge < -0.3 is 20.7 Å². The van der Waals surface area contributed by atoms with Crippen molar-refractivity contribution in [1.82, 2.24) is 25.7 Å². The van der Waals surface area contributed by atoms with Gasteiger partial charge in [0.15, 0.2) is 0 Å². The monoisotopic (exact) mass is 471 g/mol. The maximum Gasteiger partial charge on any atom is 0.258 e. The van der Waals surface area contributed by atoms with Crippen molar-refractivity contribution >= 4 is 18.0 Å². The van der Waals surface area contributed by atoms with Crippen molar-refractivity contribution in [3.63, 3.8) is 0 Å². The topological polar surface area (TPSA) is 97.3 Å². The van der Waals surface area contributed by atoms with E-state index < -0.39 is 5.41 Å². The summed E-state index contributed by atoms with van der Waals surface area (Å²) in [7, 11) is 1.85. The summed E-state index contributed by atoms with van der Waals surface area (Å²) in [6.07, 6.45) is 12.3. The van der Waals surface area contributed by atoms with Crippen molar-refractivity contribution in [3.8, 4) is 5.88 Å². The minimum absolute atomic E-state index is 0.0676. The highest BCUT2D eigenvalue weighted by Crippen LogP contribution is 2.53. The molecule has 1 aromatic heterocycles. The number of nitrogens with one attached hydrogen (secondary N) is 3. The Morgan fingerprint density at radius 1 is 1.15 bits per heavy atom. The molecule has 0 aromatic carbocycles. The molecule has 5 rings (SSSR count). The lowest BCUT2D eigenvalue weighted by molar-refractivity contribution is -0.127. The smallest absolute Gasteiger partial charge is 0.258 e. The highest BCUT2D eigenvalue weighted by molar-refractivity contribution is 5.96. The second kappa shape index (κ2) is 10.5. The average molecular weight is 472 g/mol. The number of likely N-dealkylation sites (N-methyl/N-ethyl adjacent to an activating group) is 1. The summed E-state index contributed by atoms with van der Waals surface area (Å²) < 4.78 is 7.54. The van der Waals surface area contributed by atoms with Gasteiger partial charge in [0.1, 0.15) is 5.56 Å². The van der Waals surface area contributed by atoms with E-state index >= 15 is 0 Å². The second-order valence-corrected chi connectivity index (χ2v) is 11.0. The molecule has 4 fully saturated rings. The quantitative estimate of drug-likeness (QED) is 0.431. The molecule has 0 radical (unpaired) electrons. The fourth-order valence-corrected chi connectivity index (χ4v) is 6.21. The van der Waals surface area contributed by atoms with Gasteiger partial charge in [-0.25, -0.2) is 4.68 Å². The Hall–Kier alpha value is -2.35. The lowest BCUT2D eigenvalue weighted by atomic mass is 9.54. The fourth-order valence-electron chi connectivity index (χ4n) is 6.21. The number of hydrogen-bond donors (Lipinski definition) is 3. The predicted molar refractivity (Wildman–Crippen MR) is 132 cm³/mol. The Labute approximate surface area is 203 Å². The molecule has 0 aliphatic heterocycles. The molecule has 0 saturated heterocycles. The minimum Gasteiger partial charge on any atom is -0.477 e. The molecule has 4 aliphatic carbocycles. The fraction of sp³-hybridized carbons (Fsp3) is 0.731. The van der Waals surface area contributed by atoms with Crippen LogP contribution in [0.3, 0.4) is 0 Å². The first kappa shape index (κ1) is 24.8. The van der Waals surface area contributed by atoms with Crippen LogP contribution < -0.4 is 20.7 Å². The summed E-state index contributed by atoms with van der Waals surface area (Å²) in [5, 5.41) is 13.7. The Balaban J connectivity index is 1.47. The number of carbonyl (C=O) groups is 2. The molecule has 188 valence electrons. The number of hydrogen-bond acceptors (Lipinski definition) is 5. The number of aromatic nitrogens is 2. The van der Waals surface area contributed by atoms with Crippen molar-refractivity contribution in [2.24, 2.45) is 29.1 Å². The average Bonchev–Trinajstić information content (AvgIpc) is 3.21. The summed E-state index contributed by atoms with van der Waals surface area (Å²) in [5.74, 6) is 3.21. The Morgan fingerprint density at radius 2 is 1.82 bits per heavy atom. The van der Waals surface area contributed by atoms with Crippen LogP contribution in [-0.2, 0) is 4.79 Å². The Morgan fingerprint density at radius 3 is 2.44 bits per heavy atom. The van der Waals surface area contributed by atoms with E-state index in [2.05, 4.69) is 21.0 Å². The third-order valence-corrected chi connectivity index (χ3v) is 7.84. The number of carbonyl (C=O) groups excluding carboxylic acids is 2. The van der Waals surface area contributed by atoms with Gasteiger partial charge in [-0.15, -0.1) is 0 Å². The highest BCUT2D eigenvalue weighted by atomic mass is 16.5. The Bertz CT molecular complexity index is 878. The normalized spacial score (nSPS) is 27.8. The number of rotatable bonds is 11. The first-order chi connectivity index (χ1) is 16.3. The molecule has 4 saturated carbocycles. The summed E-state index contributed by atoms with van der Waals surface area (Å²) in [5.41, 5.74) is -0.270. The van der Waals surface area contributed by atoms with Gasteiger partial charge >= 0.3 is 0 Å². The molecule has 1 aromatic rings. The van der Waals surface area contributed by atoms with Crippen LogP contribution >= 0.6 is 0 Å². The van der Waals surface area contributed by atoms with E-state index in [0.717, 1.165) is 18.3 Å². The van der Waals surface area contributed by atoms with Crippen LogP contribution in [-0.4, -0.2) is 54.4 Å². The van der Waals surface area contributed by atoms with E-state index in [1.807, 2.05) is 27.8 Å². The third kappa shape index (κ3) is 5.32. The van der Waals surface area contributed by atoms with E-state index in [9.17, 15) is 9.59 Å². The summed E-state index contributed by atoms with van der Waals surface area (Å²) in [6, 6.07) is 0.262. The Kier molecular flexibility index (Phi) is 7.65. The van der Waals surface area contributed by atoms with E-state index in [1.165, 1.54) is 32.1 Å². The second-order valence-electron chi connectivity index (χ2n) is 11.0. The molecule has 2 amide bonds. The number of amides is 2. The van der Waals surface area contributed by atoms with E-state index in [-0.39, 0.29) is 17.9 Å². The van der Waals surface area contributed by atoms with Gasteiger partial charge in [0.25, 0.3) is 5.91 Å². The third-order valence-electron chi connectivity index (χ3n) is 7.84. The molecule has 1 heterocycles. The number of ether oxygens (including phenoxy) is 1. The van der Waals surface area contributed by atoms with Gasteiger partial charge in [-0.1, -0.05) is 13.0 Å². The molecule has 34 heavy (non-hydrogen) atoms. The lowest BCUT2D eigenvalue weighted by Crippen LogP contribution is -2.55. The highest BCUT2D eigenvalue weighted by Gasteiger charge is 2.48. The molecule has 0 atom stereocenters. The van der Waals surface area contributed by atoms with Gasteiger partial charge in [0.2, 0.25) is 11.8 Å². The zero-order valence-corrected chi connectivity index (χ0v) is 21.1. The van der Waals surface area contributed by atoms with Gasteiger partial charge in [0.05, 0.1) is 18.2 Å². The van der Waals surface area contributed by atoms with Crippen LogP contribution in [0.15, 0.2) is 12.3 Å². The molecule has 8 nitrogen and oxygen atoms in total. The van der Waals surface area contributed by atoms with Gasteiger partial charge in [-0.2, -0.15) is 5.10 Å². The molecule has 8 heteroatoms. The first-order valence-electron chi connectivity index (χ1n) is 13.0. The van der Waals surface area contributed by atoms with Gasteiger partial charge in [-0.3, -0.25) is 9.59 Å². The van der Waals surface area contributed by atoms with E-state index in [4.69, 9.17) is 4.74 Å². The van der Waals surface area contributed by atoms with Crippen molar-refractivity contribution < 1.29 is 14.3 Å². The molecular formula is C26H41N5O3. The maximum absolute atomic E-state index is 13.4. The van der Waals surface area contributed by atoms with Gasteiger partial charge in [-0.05, 0) is 83.1 Å². The van der Waals surface area contributed by atoms with Crippen molar-refractivity contribution in [1.29, 1.82) is 0 Å². The molecule has 3 N–H and O–H groups in total. The summed E-state index contributed by atoms with van der Waals surface area (Å²) >= 11 is 0. The van der Waals surface area contributed by atoms with E-state index in [0.29, 0.717) is 43.0 Å². The molecule has 0 spiro atoms. The number of nitrogens with zero attached hydrogens (tertiary/aromatic N) is 2. The first-order valence-corrected chi connectivity index (χ1v) is 13.0. The SMILES string of the molecule is CCCOc1c(C(=O)NC2C3CC4CC(C3)CC2C4)cnn1/C=C/C(C)(C)C(=O)NCCNC. The standard InChI is InChI=1S/C26H41N5O3/c1-5-10-34-24-21(16-29-31(24)9-6-26(2,3)25(33)28-8-7-27-4)23(32)30-22-19-12-17-11-18(14-19)15-20(22)13-17/h6,9,16-20,22,27H,5,7-8,10-15H2,1-4H3,(H,28,33)(H,30,32)/b9-6+. The zero-order valence-electron chi connectivity index (χ0n) is 21.1. The van der Waals surface area contributed by atoms with Crippen LogP contribution in [0.5, 0.6) is 5.88 Å². The van der Waals surface area contributed by atoms with Crippen LogP contribution in [0.1, 0.15) is 69.7 Å². The molecule has 0 unspecified atom stereocenters. The largest absolute Gasteiger partial charge is 0.477 e. The zero-order chi connectivity index (χ0) is 24.3. The van der Waals surface area contributed by atoms with Crippen molar-refractivity contribution in [3.05, 3.63) is 17.8 Å². The van der Waals surface area contributed by atoms with Crippen LogP contribution in [0.25, 0.3) is 6.20 Å². The summed E-state index contributed by atoms with van der Waals surface area (Å²) in [6.45, 7) is 7.51. The van der Waals surface area contributed by atoms with Crippen molar-refractivity contribution in [2.75, 3.05) is 26.7 Å². The van der Waals surface area contributed by atoms with Crippen LogP contribution in [0, 0.1) is 29.1 Å². The van der Waals surface area contributed by atoms with Gasteiger partial charge in [0, 0.05) is 25.3 Å². The van der Waals surface area contributed by atoms with Crippen molar-refractivity contribution in [2.45, 2.75) is 65.3 Å².